The Morgan fingerprint density at radius 3 is 2.80 bits per heavy atom. The molecule has 5 nitrogen and oxygen atoms in total. The van der Waals surface area contributed by atoms with Crippen molar-refractivity contribution in [3.63, 3.8) is 0 Å². The van der Waals surface area contributed by atoms with E-state index in [2.05, 4.69) is 15.3 Å². The summed E-state index contributed by atoms with van der Waals surface area (Å²) in [6, 6.07) is 2.29. The van der Waals surface area contributed by atoms with Gasteiger partial charge in [0.25, 0.3) is 0 Å². The number of nitrogens with two attached hydrogens (primary N) is 1. The average molecular weight is 208 g/mol. The van der Waals surface area contributed by atoms with Crippen molar-refractivity contribution in [2.75, 3.05) is 18.2 Å². The predicted molar refractivity (Wildman–Crippen MR) is 58.9 cm³/mol. The summed E-state index contributed by atoms with van der Waals surface area (Å²) in [4.78, 5) is 8.05. The molecule has 0 aromatic carbocycles. The Bertz CT molecular complexity index is 336. The number of anilines is 2. The van der Waals surface area contributed by atoms with Crippen molar-refractivity contribution < 1.29 is 4.74 Å². The maximum absolute atomic E-state index is 5.57. The molecule has 5 heteroatoms. The van der Waals surface area contributed by atoms with Crippen LogP contribution in [0.25, 0.3) is 0 Å². The Morgan fingerprint density at radius 1 is 1.40 bits per heavy atom. The SMILES string of the molecule is COc1cc(NC2CCCC2)nc(N)n1. The smallest absolute Gasteiger partial charge is 0.225 e. The minimum atomic E-state index is 0.245. The van der Waals surface area contributed by atoms with Gasteiger partial charge in [-0.05, 0) is 12.8 Å². The monoisotopic (exact) mass is 208 g/mol. The summed E-state index contributed by atoms with van der Waals surface area (Å²) in [7, 11) is 1.57. The van der Waals surface area contributed by atoms with Gasteiger partial charge in [0.05, 0.1) is 7.11 Å². The van der Waals surface area contributed by atoms with E-state index in [-0.39, 0.29) is 5.95 Å². The fourth-order valence-corrected chi connectivity index (χ4v) is 1.90. The fourth-order valence-electron chi connectivity index (χ4n) is 1.90. The standard InChI is InChI=1S/C10H16N4O/c1-15-9-6-8(13-10(11)14-9)12-7-4-2-3-5-7/h6-7H,2-5H2,1H3,(H3,11,12,13,14). The van der Waals surface area contributed by atoms with E-state index in [4.69, 9.17) is 10.5 Å². The largest absolute Gasteiger partial charge is 0.481 e. The molecule has 0 saturated heterocycles. The normalized spacial score (nSPS) is 16.6. The number of hydrogen-bond donors (Lipinski definition) is 2. The van der Waals surface area contributed by atoms with Gasteiger partial charge >= 0.3 is 0 Å². The molecule has 1 saturated carbocycles. The van der Waals surface area contributed by atoms with Crippen molar-refractivity contribution in [2.24, 2.45) is 0 Å². The molecule has 0 amide bonds. The number of ether oxygens (including phenoxy) is 1. The molecular formula is C10H16N4O. The molecule has 0 bridgehead atoms. The highest BCUT2D eigenvalue weighted by Crippen LogP contribution is 2.23. The number of nitrogen functional groups attached to an aromatic ring is 1. The highest BCUT2D eigenvalue weighted by molar-refractivity contribution is 5.43. The van der Waals surface area contributed by atoms with Gasteiger partial charge in [0.1, 0.15) is 5.82 Å². The van der Waals surface area contributed by atoms with Crippen molar-refractivity contribution in [1.82, 2.24) is 9.97 Å². The van der Waals surface area contributed by atoms with Crippen LogP contribution in [0.5, 0.6) is 5.88 Å². The molecule has 0 aliphatic heterocycles. The Kier molecular flexibility index (Phi) is 2.89. The zero-order chi connectivity index (χ0) is 10.7. The van der Waals surface area contributed by atoms with Crippen molar-refractivity contribution in [2.45, 2.75) is 31.7 Å². The molecule has 0 radical (unpaired) electrons. The molecule has 82 valence electrons. The first-order chi connectivity index (χ1) is 7.28. The molecule has 3 N–H and O–H groups in total. The van der Waals surface area contributed by atoms with Gasteiger partial charge < -0.3 is 15.8 Å². The second kappa shape index (κ2) is 4.33. The summed E-state index contributed by atoms with van der Waals surface area (Å²) in [6.45, 7) is 0. The second-order valence-corrected chi connectivity index (χ2v) is 3.78. The van der Waals surface area contributed by atoms with Crippen LogP contribution in [-0.2, 0) is 0 Å². The lowest BCUT2D eigenvalue weighted by Crippen LogP contribution is -2.16. The number of nitrogens with zero attached hydrogens (tertiary/aromatic N) is 2. The summed E-state index contributed by atoms with van der Waals surface area (Å²) in [5.41, 5.74) is 5.57. The predicted octanol–water partition coefficient (Wildman–Crippen LogP) is 1.42. The van der Waals surface area contributed by atoms with Crippen LogP contribution in [0.2, 0.25) is 0 Å². The van der Waals surface area contributed by atoms with Crippen molar-refractivity contribution in [3.8, 4) is 5.88 Å². The summed E-state index contributed by atoms with van der Waals surface area (Å²) in [5, 5.41) is 3.35. The molecule has 15 heavy (non-hydrogen) atoms. The Hall–Kier alpha value is -1.52. The summed E-state index contributed by atoms with van der Waals surface area (Å²) in [6.07, 6.45) is 4.98. The average Bonchev–Trinajstić information content (AvgIpc) is 2.69. The minimum Gasteiger partial charge on any atom is -0.481 e. The van der Waals surface area contributed by atoms with Crippen LogP contribution in [0.3, 0.4) is 0 Å². The van der Waals surface area contributed by atoms with E-state index in [0.29, 0.717) is 11.9 Å². The van der Waals surface area contributed by atoms with E-state index in [0.717, 1.165) is 5.82 Å². The lowest BCUT2D eigenvalue weighted by atomic mass is 10.2. The lowest BCUT2D eigenvalue weighted by molar-refractivity contribution is 0.398. The van der Waals surface area contributed by atoms with Crippen LogP contribution >= 0.6 is 0 Å². The third kappa shape index (κ3) is 2.49. The van der Waals surface area contributed by atoms with Crippen molar-refractivity contribution in [3.05, 3.63) is 6.07 Å². The zero-order valence-electron chi connectivity index (χ0n) is 8.86. The molecule has 0 spiro atoms. The van der Waals surface area contributed by atoms with Gasteiger partial charge in [0.15, 0.2) is 0 Å². The maximum atomic E-state index is 5.57. The van der Waals surface area contributed by atoms with Gasteiger partial charge in [0.2, 0.25) is 11.8 Å². The Balaban J connectivity index is 2.09. The minimum absolute atomic E-state index is 0.245. The van der Waals surface area contributed by atoms with Gasteiger partial charge in [-0.15, -0.1) is 0 Å². The van der Waals surface area contributed by atoms with Crippen LogP contribution in [-0.4, -0.2) is 23.1 Å². The first-order valence-corrected chi connectivity index (χ1v) is 5.23. The van der Waals surface area contributed by atoms with Crippen LogP contribution in [0.4, 0.5) is 11.8 Å². The number of hydrogen-bond acceptors (Lipinski definition) is 5. The maximum Gasteiger partial charge on any atom is 0.225 e. The molecule has 1 aliphatic carbocycles. The third-order valence-electron chi connectivity index (χ3n) is 2.64. The molecule has 1 heterocycles. The van der Waals surface area contributed by atoms with E-state index < -0.39 is 0 Å². The summed E-state index contributed by atoms with van der Waals surface area (Å²) >= 11 is 0. The van der Waals surface area contributed by atoms with E-state index >= 15 is 0 Å². The summed E-state index contributed by atoms with van der Waals surface area (Å²) in [5.74, 6) is 1.50. The number of rotatable bonds is 3. The fraction of sp³-hybridized carbons (Fsp3) is 0.600. The third-order valence-corrected chi connectivity index (χ3v) is 2.64. The van der Waals surface area contributed by atoms with Gasteiger partial charge in [-0.3, -0.25) is 0 Å². The second-order valence-electron chi connectivity index (χ2n) is 3.78. The van der Waals surface area contributed by atoms with Gasteiger partial charge in [-0.1, -0.05) is 12.8 Å². The molecule has 1 aromatic rings. The van der Waals surface area contributed by atoms with Crippen LogP contribution in [0, 0.1) is 0 Å². The molecular weight excluding hydrogens is 192 g/mol. The quantitative estimate of drug-likeness (QED) is 0.786. The first-order valence-electron chi connectivity index (χ1n) is 5.23. The Labute approximate surface area is 89.1 Å². The molecule has 0 atom stereocenters. The van der Waals surface area contributed by atoms with E-state index in [1.165, 1.54) is 25.7 Å². The van der Waals surface area contributed by atoms with E-state index in [9.17, 15) is 0 Å². The highest BCUT2D eigenvalue weighted by atomic mass is 16.5. The number of aromatic nitrogens is 2. The van der Waals surface area contributed by atoms with Crippen LogP contribution in [0.15, 0.2) is 6.07 Å². The Morgan fingerprint density at radius 2 is 2.13 bits per heavy atom. The molecule has 0 unspecified atom stereocenters. The van der Waals surface area contributed by atoms with E-state index in [1.807, 2.05) is 0 Å². The van der Waals surface area contributed by atoms with Gasteiger partial charge in [-0.2, -0.15) is 9.97 Å². The molecule has 2 rings (SSSR count). The van der Waals surface area contributed by atoms with Crippen molar-refractivity contribution in [1.29, 1.82) is 0 Å². The highest BCUT2D eigenvalue weighted by Gasteiger charge is 2.15. The topological polar surface area (TPSA) is 73.1 Å². The van der Waals surface area contributed by atoms with Gasteiger partial charge in [0, 0.05) is 12.1 Å². The van der Waals surface area contributed by atoms with Gasteiger partial charge in [-0.25, -0.2) is 0 Å². The van der Waals surface area contributed by atoms with E-state index in [1.54, 1.807) is 13.2 Å². The van der Waals surface area contributed by atoms with Crippen LogP contribution < -0.4 is 15.8 Å². The zero-order valence-corrected chi connectivity index (χ0v) is 8.86. The summed E-state index contributed by atoms with van der Waals surface area (Å²) < 4.78 is 5.03. The number of nitrogens with one attached hydrogen (secondary N) is 1. The molecule has 1 fully saturated rings. The van der Waals surface area contributed by atoms with Crippen LogP contribution in [0.1, 0.15) is 25.7 Å². The van der Waals surface area contributed by atoms with Crippen molar-refractivity contribution >= 4 is 11.8 Å². The lowest BCUT2D eigenvalue weighted by Gasteiger charge is -2.13. The molecule has 1 aromatic heterocycles. The molecule has 1 aliphatic rings. The number of methoxy groups -OCH3 is 1. The first kappa shape index (κ1) is 10.0.